The van der Waals surface area contributed by atoms with Gasteiger partial charge in [-0.3, -0.25) is 0 Å². The summed E-state index contributed by atoms with van der Waals surface area (Å²) in [5, 5.41) is 4.49. The van der Waals surface area contributed by atoms with Gasteiger partial charge in [-0.05, 0) is 30.7 Å². The third-order valence-electron chi connectivity index (χ3n) is 4.23. The van der Waals surface area contributed by atoms with E-state index in [4.69, 9.17) is 33.9 Å². The lowest BCUT2D eigenvalue weighted by Crippen LogP contribution is -2.20. The number of anilines is 1. The van der Waals surface area contributed by atoms with Gasteiger partial charge in [-0.1, -0.05) is 35.3 Å². The summed E-state index contributed by atoms with van der Waals surface area (Å²) >= 11 is 12.6. The van der Waals surface area contributed by atoms with Gasteiger partial charge in [0.25, 0.3) is 0 Å². The van der Waals surface area contributed by atoms with Gasteiger partial charge in [-0.2, -0.15) is 0 Å². The molecule has 0 bridgehead atoms. The van der Waals surface area contributed by atoms with Crippen LogP contribution in [-0.2, 0) is 6.54 Å². The Labute approximate surface area is 155 Å². The number of nitrogens with zero attached hydrogens (tertiary/aromatic N) is 4. The minimum absolute atomic E-state index is 0.366. The number of hydrogen-bond donors (Lipinski definition) is 2. The number of imidazole rings is 1. The van der Waals surface area contributed by atoms with E-state index in [0.717, 1.165) is 30.6 Å². The summed E-state index contributed by atoms with van der Waals surface area (Å²) in [5.74, 6) is 1.75. The van der Waals surface area contributed by atoms with E-state index in [1.165, 1.54) is 0 Å². The van der Waals surface area contributed by atoms with Crippen LogP contribution in [0.4, 0.5) is 5.82 Å². The van der Waals surface area contributed by atoms with Crippen LogP contribution in [0.25, 0.3) is 17.1 Å². The van der Waals surface area contributed by atoms with Crippen molar-refractivity contribution in [1.82, 2.24) is 24.8 Å². The number of rotatable bonds is 3. The number of hydrogen-bond acceptors (Lipinski definition) is 5. The summed E-state index contributed by atoms with van der Waals surface area (Å²) in [6, 6.07) is 5.44. The molecule has 0 spiro atoms. The number of nitrogens with one attached hydrogen (secondary N) is 1. The normalized spacial score (nSPS) is 14.7. The van der Waals surface area contributed by atoms with Crippen molar-refractivity contribution in [2.75, 3.05) is 18.8 Å². The summed E-state index contributed by atoms with van der Waals surface area (Å²) in [6.45, 7) is 2.18. The molecule has 8 heteroatoms. The third-order valence-corrected chi connectivity index (χ3v) is 4.94. The molecule has 0 radical (unpaired) electrons. The molecule has 0 aromatic heterocycles. The van der Waals surface area contributed by atoms with E-state index >= 15 is 0 Å². The molecule has 0 amide bonds. The molecule has 3 aliphatic rings. The Kier molecular flexibility index (Phi) is 4.33. The number of aromatic nitrogens is 4. The van der Waals surface area contributed by atoms with E-state index in [9.17, 15) is 0 Å². The maximum Gasteiger partial charge on any atom is 0.166 e. The molecular weight excluding hydrogens is 359 g/mol. The van der Waals surface area contributed by atoms with Crippen LogP contribution in [0.2, 0.25) is 10.0 Å². The number of nitrogen functional groups attached to an aromatic ring is 1. The number of fused-ring (bicyclic) bond motifs is 1. The molecule has 3 heterocycles. The first-order chi connectivity index (χ1) is 12.1. The predicted octanol–water partition coefficient (Wildman–Crippen LogP) is 3.09. The minimum atomic E-state index is 0.366. The molecule has 4 rings (SSSR count). The lowest BCUT2D eigenvalue weighted by Gasteiger charge is -2.13. The summed E-state index contributed by atoms with van der Waals surface area (Å²) < 4.78 is 1.87. The van der Waals surface area contributed by atoms with Crippen molar-refractivity contribution in [2.45, 2.75) is 13.0 Å². The van der Waals surface area contributed by atoms with E-state index in [0.29, 0.717) is 39.8 Å². The van der Waals surface area contributed by atoms with E-state index in [1.54, 1.807) is 6.33 Å². The monoisotopic (exact) mass is 374 g/mol. The third kappa shape index (κ3) is 3.08. The number of benzene rings is 1. The molecule has 3 aliphatic heterocycles. The molecule has 6 nitrogen and oxygen atoms in total. The molecule has 0 atom stereocenters. The van der Waals surface area contributed by atoms with Gasteiger partial charge in [-0.25, -0.2) is 15.0 Å². The van der Waals surface area contributed by atoms with Crippen LogP contribution >= 0.6 is 23.2 Å². The first kappa shape index (κ1) is 16.3. The summed E-state index contributed by atoms with van der Waals surface area (Å²) in [4.78, 5) is 13.5. The summed E-state index contributed by atoms with van der Waals surface area (Å²) in [5.41, 5.74) is 8.54. The van der Waals surface area contributed by atoms with Crippen molar-refractivity contribution in [3.63, 3.8) is 0 Å². The molecule has 25 heavy (non-hydrogen) atoms. The van der Waals surface area contributed by atoms with Crippen LogP contribution in [-0.4, -0.2) is 32.6 Å². The fourth-order valence-corrected chi connectivity index (χ4v) is 3.41. The van der Waals surface area contributed by atoms with E-state index in [2.05, 4.69) is 21.4 Å². The van der Waals surface area contributed by atoms with Crippen LogP contribution in [0.15, 0.2) is 30.6 Å². The second-order valence-electron chi connectivity index (χ2n) is 5.86. The highest BCUT2D eigenvalue weighted by atomic mass is 35.5. The van der Waals surface area contributed by atoms with Crippen LogP contribution in [0, 0.1) is 0 Å². The van der Waals surface area contributed by atoms with Gasteiger partial charge in [0.15, 0.2) is 23.2 Å². The molecule has 0 aliphatic carbocycles. The zero-order chi connectivity index (χ0) is 17.4. The lowest BCUT2D eigenvalue weighted by atomic mass is 10.1. The van der Waals surface area contributed by atoms with Crippen molar-refractivity contribution in [2.24, 2.45) is 0 Å². The Hall–Kier alpha value is -2.15. The van der Waals surface area contributed by atoms with E-state index in [-0.39, 0.29) is 0 Å². The molecule has 128 valence electrons. The topological polar surface area (TPSA) is 81.6 Å². The van der Waals surface area contributed by atoms with Gasteiger partial charge >= 0.3 is 0 Å². The average Bonchev–Trinajstić information content (AvgIpc) is 3.07. The Morgan fingerprint density at radius 3 is 2.72 bits per heavy atom. The number of nitrogens with two attached hydrogens (primary N) is 1. The Morgan fingerprint density at radius 2 is 2.00 bits per heavy atom. The molecule has 0 saturated heterocycles. The second-order valence-corrected chi connectivity index (χ2v) is 6.68. The van der Waals surface area contributed by atoms with Gasteiger partial charge < -0.3 is 15.6 Å². The zero-order valence-corrected chi connectivity index (χ0v) is 14.8. The zero-order valence-electron chi connectivity index (χ0n) is 13.3. The van der Waals surface area contributed by atoms with E-state index < -0.39 is 0 Å². The molecule has 1 aromatic carbocycles. The van der Waals surface area contributed by atoms with E-state index in [1.807, 2.05) is 22.8 Å². The second kappa shape index (κ2) is 6.63. The molecule has 3 N–H and O–H groups in total. The van der Waals surface area contributed by atoms with Crippen molar-refractivity contribution >= 4 is 34.6 Å². The fraction of sp³-hybridized carbons (Fsp3) is 0.235. The van der Waals surface area contributed by atoms with Gasteiger partial charge in [-0.15, -0.1) is 0 Å². The first-order valence-corrected chi connectivity index (χ1v) is 8.70. The quantitative estimate of drug-likeness (QED) is 0.735. The standard InChI is InChI=1S/C17H16Cl2N6/c18-12-2-1-3-13(19)11(12)8-25-9-22-15(20)14-17(25)24-16(23-14)10-4-6-21-7-5-10/h1-4,9,21H,5-8,20H2. The van der Waals surface area contributed by atoms with Crippen molar-refractivity contribution < 1.29 is 0 Å². The molecular formula is C17H16Cl2N6. The highest BCUT2D eigenvalue weighted by molar-refractivity contribution is 6.35. The summed E-state index contributed by atoms with van der Waals surface area (Å²) in [7, 11) is 0. The predicted molar refractivity (Wildman–Crippen MR) is 99.9 cm³/mol. The minimum Gasteiger partial charge on any atom is -0.382 e. The van der Waals surface area contributed by atoms with Crippen molar-refractivity contribution in [1.29, 1.82) is 0 Å². The van der Waals surface area contributed by atoms with Gasteiger partial charge in [0.05, 0.1) is 12.9 Å². The van der Waals surface area contributed by atoms with Crippen molar-refractivity contribution in [3.05, 3.63) is 52.0 Å². The SMILES string of the molecule is Nc1ncn(Cc2c(Cl)cccc2Cl)c2nc(C3=CCNCC3)nc1-2. The Balaban J connectivity index is 1.79. The first-order valence-electron chi connectivity index (χ1n) is 7.95. The smallest absolute Gasteiger partial charge is 0.166 e. The lowest BCUT2D eigenvalue weighted by molar-refractivity contribution is 0.734. The molecule has 0 saturated carbocycles. The van der Waals surface area contributed by atoms with Gasteiger partial charge in [0, 0.05) is 22.2 Å². The Morgan fingerprint density at radius 1 is 1.20 bits per heavy atom. The average molecular weight is 375 g/mol. The summed E-state index contributed by atoms with van der Waals surface area (Å²) in [6.07, 6.45) is 4.64. The molecule has 0 fully saturated rings. The molecule has 1 aromatic rings. The van der Waals surface area contributed by atoms with Gasteiger partial charge in [0.1, 0.15) is 0 Å². The van der Waals surface area contributed by atoms with Crippen LogP contribution < -0.4 is 11.1 Å². The van der Waals surface area contributed by atoms with Gasteiger partial charge in [0.2, 0.25) is 0 Å². The number of halogens is 2. The van der Waals surface area contributed by atoms with Crippen LogP contribution in [0.3, 0.4) is 0 Å². The fourth-order valence-electron chi connectivity index (χ4n) is 2.89. The van der Waals surface area contributed by atoms with Crippen LogP contribution in [0.5, 0.6) is 0 Å². The Bertz CT molecular complexity index is 913. The maximum absolute atomic E-state index is 6.29. The van der Waals surface area contributed by atoms with Crippen LogP contribution in [0.1, 0.15) is 17.8 Å². The highest BCUT2D eigenvalue weighted by Crippen LogP contribution is 2.30. The highest BCUT2D eigenvalue weighted by Gasteiger charge is 2.22. The molecule has 0 unspecified atom stereocenters. The van der Waals surface area contributed by atoms with Crippen molar-refractivity contribution in [3.8, 4) is 11.5 Å². The largest absolute Gasteiger partial charge is 0.382 e. The maximum atomic E-state index is 6.29.